The fourth-order valence-corrected chi connectivity index (χ4v) is 2.18. The summed E-state index contributed by atoms with van der Waals surface area (Å²) in [6, 6.07) is 9.49. The van der Waals surface area contributed by atoms with Crippen molar-refractivity contribution >= 4 is 24.1 Å². The number of amidine groups is 2. The summed E-state index contributed by atoms with van der Waals surface area (Å²) in [5.74, 6) is 0.522. The second-order valence-electron chi connectivity index (χ2n) is 5.78. The molecule has 0 bridgehead atoms. The van der Waals surface area contributed by atoms with Gasteiger partial charge in [-0.2, -0.15) is 10.2 Å². The number of hydrogen-bond donors (Lipinski definition) is 4. The number of phenols is 2. The minimum atomic E-state index is -0.118. The quantitative estimate of drug-likeness (QED) is 0.294. The van der Waals surface area contributed by atoms with E-state index in [1.54, 1.807) is 24.3 Å². The van der Waals surface area contributed by atoms with Crippen molar-refractivity contribution in [2.45, 2.75) is 13.8 Å². The zero-order valence-corrected chi connectivity index (χ0v) is 16.7. The summed E-state index contributed by atoms with van der Waals surface area (Å²) in [4.78, 5) is 0. The van der Waals surface area contributed by atoms with Crippen molar-refractivity contribution in [1.82, 2.24) is 0 Å². The van der Waals surface area contributed by atoms with Crippen molar-refractivity contribution in [3.63, 3.8) is 0 Å². The standard InChI is InChI=1S/C20H24N6O4/c1-3-29-17-9-13(5-7-15(17)27)11-23-25-19(21)20(22)26-24-12-14-6-8-16(28)18(10-14)30-4-2/h5-12,27-28H,3-4H2,1-2H3,(H2,21,25)(H2,22,26)/b23-11+,24-12+. The molecule has 0 saturated heterocycles. The van der Waals surface area contributed by atoms with E-state index in [-0.39, 0.29) is 23.2 Å². The molecule has 0 aliphatic rings. The molecule has 0 amide bonds. The minimum Gasteiger partial charge on any atom is -0.504 e. The first-order valence-corrected chi connectivity index (χ1v) is 9.09. The van der Waals surface area contributed by atoms with E-state index in [2.05, 4.69) is 20.4 Å². The molecule has 2 aromatic rings. The van der Waals surface area contributed by atoms with E-state index in [9.17, 15) is 10.2 Å². The molecule has 10 nitrogen and oxygen atoms in total. The maximum atomic E-state index is 9.69. The molecule has 0 aromatic heterocycles. The highest BCUT2D eigenvalue weighted by Crippen LogP contribution is 2.26. The molecule has 0 aliphatic carbocycles. The van der Waals surface area contributed by atoms with Crippen LogP contribution in [-0.4, -0.2) is 47.5 Å². The lowest BCUT2D eigenvalue weighted by Crippen LogP contribution is -2.30. The van der Waals surface area contributed by atoms with E-state index in [1.165, 1.54) is 24.6 Å². The Kier molecular flexibility index (Phi) is 8.18. The summed E-state index contributed by atoms with van der Waals surface area (Å²) >= 11 is 0. The minimum absolute atomic E-state index is 0.0354. The zero-order chi connectivity index (χ0) is 21.9. The van der Waals surface area contributed by atoms with Gasteiger partial charge >= 0.3 is 0 Å². The smallest absolute Gasteiger partial charge is 0.190 e. The van der Waals surface area contributed by atoms with Gasteiger partial charge in [0.2, 0.25) is 0 Å². The largest absolute Gasteiger partial charge is 0.504 e. The molecule has 0 heterocycles. The lowest BCUT2D eigenvalue weighted by molar-refractivity contribution is 0.318. The van der Waals surface area contributed by atoms with Crippen LogP contribution in [0.5, 0.6) is 23.0 Å². The number of phenolic OH excluding ortho intramolecular Hbond substituents is 2. The number of aromatic hydroxyl groups is 2. The summed E-state index contributed by atoms with van der Waals surface area (Å²) in [5.41, 5.74) is 12.8. The van der Waals surface area contributed by atoms with Gasteiger partial charge in [-0.1, -0.05) is 0 Å². The molecule has 0 fully saturated rings. The Labute approximate surface area is 173 Å². The van der Waals surface area contributed by atoms with Crippen molar-refractivity contribution < 1.29 is 19.7 Å². The van der Waals surface area contributed by atoms with Gasteiger partial charge in [-0.05, 0) is 61.4 Å². The number of hydrogen-bond acceptors (Lipinski definition) is 8. The van der Waals surface area contributed by atoms with Crippen molar-refractivity contribution in [2.75, 3.05) is 13.2 Å². The summed E-state index contributed by atoms with van der Waals surface area (Å²) in [7, 11) is 0. The van der Waals surface area contributed by atoms with E-state index in [1.807, 2.05) is 13.8 Å². The Bertz CT molecular complexity index is 906. The Morgan fingerprint density at radius 3 is 1.57 bits per heavy atom. The van der Waals surface area contributed by atoms with Gasteiger partial charge in [0.15, 0.2) is 34.7 Å². The molecule has 0 atom stereocenters. The summed E-state index contributed by atoms with van der Waals surface area (Å²) < 4.78 is 10.6. The van der Waals surface area contributed by atoms with Crippen LogP contribution in [0.3, 0.4) is 0 Å². The maximum absolute atomic E-state index is 9.69. The van der Waals surface area contributed by atoms with Gasteiger partial charge in [0.05, 0.1) is 25.6 Å². The van der Waals surface area contributed by atoms with Crippen molar-refractivity contribution in [2.24, 2.45) is 31.9 Å². The van der Waals surface area contributed by atoms with Crippen molar-refractivity contribution in [1.29, 1.82) is 0 Å². The van der Waals surface area contributed by atoms with Gasteiger partial charge in [0, 0.05) is 0 Å². The summed E-state index contributed by atoms with van der Waals surface area (Å²) in [6.07, 6.45) is 2.86. The Hall–Kier alpha value is -4.08. The molecule has 0 spiro atoms. The topological polar surface area (TPSA) is 160 Å². The summed E-state index contributed by atoms with van der Waals surface area (Å²) in [5, 5.41) is 34.6. The fraction of sp³-hybridized carbons (Fsp3) is 0.200. The third kappa shape index (κ3) is 6.51. The van der Waals surface area contributed by atoms with Crippen LogP contribution in [0.1, 0.15) is 25.0 Å². The van der Waals surface area contributed by atoms with E-state index in [0.29, 0.717) is 35.8 Å². The lowest BCUT2D eigenvalue weighted by atomic mass is 10.2. The van der Waals surface area contributed by atoms with Gasteiger partial charge in [-0.25, -0.2) is 0 Å². The second kappa shape index (κ2) is 11.1. The number of ether oxygens (including phenoxy) is 2. The first-order chi connectivity index (χ1) is 14.4. The molecule has 0 unspecified atom stereocenters. The van der Waals surface area contributed by atoms with Crippen molar-refractivity contribution in [3.8, 4) is 23.0 Å². The molecular weight excluding hydrogens is 388 g/mol. The molecule has 30 heavy (non-hydrogen) atoms. The highest BCUT2D eigenvalue weighted by molar-refractivity contribution is 6.39. The molecule has 10 heteroatoms. The van der Waals surface area contributed by atoms with Gasteiger partial charge < -0.3 is 31.2 Å². The van der Waals surface area contributed by atoms with Crippen LogP contribution >= 0.6 is 0 Å². The molecule has 0 saturated carbocycles. The second-order valence-corrected chi connectivity index (χ2v) is 5.78. The van der Waals surface area contributed by atoms with E-state index >= 15 is 0 Å². The molecule has 0 aliphatic heterocycles. The lowest BCUT2D eigenvalue weighted by Gasteiger charge is -2.05. The first-order valence-electron chi connectivity index (χ1n) is 9.09. The summed E-state index contributed by atoms with van der Waals surface area (Å²) in [6.45, 7) is 4.47. The van der Waals surface area contributed by atoms with Crippen LogP contribution < -0.4 is 20.9 Å². The van der Waals surface area contributed by atoms with E-state index in [0.717, 1.165) is 0 Å². The Morgan fingerprint density at radius 2 is 1.20 bits per heavy atom. The third-order valence-electron chi connectivity index (χ3n) is 3.57. The molecule has 158 valence electrons. The molecule has 0 radical (unpaired) electrons. The van der Waals surface area contributed by atoms with E-state index < -0.39 is 0 Å². The average Bonchev–Trinajstić information content (AvgIpc) is 2.72. The van der Waals surface area contributed by atoms with Gasteiger partial charge in [-0.15, -0.1) is 10.2 Å². The Morgan fingerprint density at radius 1 is 0.800 bits per heavy atom. The SMILES string of the molecule is CCOc1cc(/C=N/N=C(N)\C(N)=N/N=C/c2ccc(O)c(OCC)c2)ccc1O. The number of nitrogens with zero attached hydrogens (tertiary/aromatic N) is 4. The van der Waals surface area contributed by atoms with Crippen LogP contribution in [-0.2, 0) is 0 Å². The van der Waals surface area contributed by atoms with Gasteiger partial charge in [0.25, 0.3) is 0 Å². The number of benzene rings is 2. The molecular formula is C20H24N6O4. The van der Waals surface area contributed by atoms with Crippen LogP contribution in [0.25, 0.3) is 0 Å². The molecule has 6 N–H and O–H groups in total. The number of nitrogens with two attached hydrogens (primary N) is 2. The highest BCUT2D eigenvalue weighted by atomic mass is 16.5. The van der Waals surface area contributed by atoms with Crippen LogP contribution in [0.15, 0.2) is 56.8 Å². The van der Waals surface area contributed by atoms with Crippen LogP contribution in [0, 0.1) is 0 Å². The third-order valence-corrected chi connectivity index (χ3v) is 3.57. The molecule has 2 aromatic carbocycles. The van der Waals surface area contributed by atoms with Gasteiger partial charge in [-0.3, -0.25) is 0 Å². The highest BCUT2D eigenvalue weighted by Gasteiger charge is 2.03. The van der Waals surface area contributed by atoms with Crippen molar-refractivity contribution in [3.05, 3.63) is 47.5 Å². The monoisotopic (exact) mass is 412 g/mol. The maximum Gasteiger partial charge on any atom is 0.190 e. The first kappa shape index (κ1) is 22.2. The fourth-order valence-electron chi connectivity index (χ4n) is 2.18. The Balaban J connectivity index is 2.05. The predicted octanol–water partition coefficient (Wildman–Crippen LogP) is 1.98. The average molecular weight is 412 g/mol. The van der Waals surface area contributed by atoms with E-state index in [4.69, 9.17) is 20.9 Å². The zero-order valence-electron chi connectivity index (χ0n) is 16.7. The normalized spacial score (nSPS) is 12.6. The van der Waals surface area contributed by atoms with Gasteiger partial charge in [0.1, 0.15) is 0 Å². The molecule has 2 rings (SSSR count). The predicted molar refractivity (Wildman–Crippen MR) is 117 cm³/mol. The van der Waals surface area contributed by atoms with Crippen LogP contribution in [0.4, 0.5) is 0 Å². The number of rotatable bonds is 8. The van der Waals surface area contributed by atoms with Crippen LogP contribution in [0.2, 0.25) is 0 Å².